The quantitative estimate of drug-likeness (QED) is 0.719. The number of aromatic nitrogens is 4. The third-order valence-electron chi connectivity index (χ3n) is 3.65. The van der Waals surface area contributed by atoms with Gasteiger partial charge in [-0.3, -0.25) is 14.2 Å². The molecule has 0 aliphatic carbocycles. The molecule has 0 aliphatic rings. The molecule has 0 radical (unpaired) electrons. The third-order valence-corrected chi connectivity index (χ3v) is 3.65. The lowest BCUT2D eigenvalue weighted by Crippen LogP contribution is -2.41. The van der Waals surface area contributed by atoms with Gasteiger partial charge in [0.1, 0.15) is 12.9 Å². The number of nitrogens with zero attached hydrogens (tertiary/aromatic N) is 3. The van der Waals surface area contributed by atoms with Crippen molar-refractivity contribution in [2.45, 2.75) is 19.5 Å². The van der Waals surface area contributed by atoms with Gasteiger partial charge < -0.3 is 10.3 Å². The number of benzene rings is 1. The van der Waals surface area contributed by atoms with Crippen LogP contribution in [-0.4, -0.2) is 25.4 Å². The average molecular weight is 325 g/mol. The number of carbonyl (C=O) groups is 1. The monoisotopic (exact) mass is 325 g/mol. The van der Waals surface area contributed by atoms with Crippen molar-refractivity contribution in [3.63, 3.8) is 0 Å². The second kappa shape index (κ2) is 6.45. The lowest BCUT2D eigenvalue weighted by atomic mass is 10.2. The predicted molar refractivity (Wildman–Crippen MR) is 87.4 cm³/mol. The van der Waals surface area contributed by atoms with E-state index in [1.807, 2.05) is 0 Å². The first-order valence-corrected chi connectivity index (χ1v) is 7.32. The van der Waals surface area contributed by atoms with Gasteiger partial charge in [-0.05, 0) is 19.1 Å². The number of nitrogens with one attached hydrogen (secondary N) is 2. The molecule has 2 aromatic heterocycles. The number of H-pyrrole nitrogens is 1. The molecule has 8 nitrogen and oxygen atoms in total. The summed E-state index contributed by atoms with van der Waals surface area (Å²) in [5.74, 6) is -0.450. The van der Waals surface area contributed by atoms with Gasteiger partial charge in [-0.25, -0.2) is 14.8 Å². The second-order valence-corrected chi connectivity index (χ2v) is 5.33. The van der Waals surface area contributed by atoms with Gasteiger partial charge in [0.15, 0.2) is 0 Å². The van der Waals surface area contributed by atoms with Crippen molar-refractivity contribution in [3.8, 4) is 0 Å². The van der Waals surface area contributed by atoms with E-state index in [2.05, 4.69) is 20.3 Å². The highest BCUT2D eigenvalue weighted by atomic mass is 16.2. The van der Waals surface area contributed by atoms with Crippen LogP contribution in [0.3, 0.4) is 0 Å². The number of hydrogen-bond donors (Lipinski definition) is 2. The van der Waals surface area contributed by atoms with Crippen molar-refractivity contribution in [2.75, 3.05) is 0 Å². The van der Waals surface area contributed by atoms with Gasteiger partial charge >= 0.3 is 5.69 Å². The van der Waals surface area contributed by atoms with Crippen molar-refractivity contribution in [3.05, 3.63) is 69.4 Å². The number of amides is 1. The van der Waals surface area contributed by atoms with E-state index in [0.717, 1.165) is 10.1 Å². The molecule has 3 aromatic rings. The highest BCUT2D eigenvalue weighted by molar-refractivity contribution is 5.79. The maximum atomic E-state index is 12.4. The summed E-state index contributed by atoms with van der Waals surface area (Å²) >= 11 is 0. The van der Waals surface area contributed by atoms with Gasteiger partial charge in [-0.1, -0.05) is 12.1 Å². The fourth-order valence-electron chi connectivity index (χ4n) is 2.39. The molecule has 0 fully saturated rings. The largest absolute Gasteiger partial charge is 0.348 e. The highest BCUT2D eigenvalue weighted by Gasteiger charge is 2.14. The zero-order chi connectivity index (χ0) is 17.1. The van der Waals surface area contributed by atoms with Gasteiger partial charge in [0.2, 0.25) is 5.91 Å². The van der Waals surface area contributed by atoms with E-state index < -0.39 is 17.2 Å². The van der Waals surface area contributed by atoms with E-state index in [1.54, 1.807) is 43.6 Å². The maximum Gasteiger partial charge on any atom is 0.329 e. The summed E-state index contributed by atoms with van der Waals surface area (Å²) in [7, 11) is 0. The van der Waals surface area contributed by atoms with E-state index in [1.165, 1.54) is 6.33 Å². The minimum Gasteiger partial charge on any atom is -0.348 e. The Balaban J connectivity index is 1.83. The SMILES string of the molecule is CC(NC(=O)Cn1c(=O)[nH]c2ccccc2c1=O)c1cncnc1. The molecule has 24 heavy (non-hydrogen) atoms. The molecule has 1 atom stereocenters. The van der Waals surface area contributed by atoms with Crippen LogP contribution < -0.4 is 16.6 Å². The van der Waals surface area contributed by atoms with Crippen LogP contribution in [0.2, 0.25) is 0 Å². The number of rotatable bonds is 4. The summed E-state index contributed by atoms with van der Waals surface area (Å²) in [4.78, 5) is 47.0. The summed E-state index contributed by atoms with van der Waals surface area (Å²) < 4.78 is 0.881. The number of aromatic amines is 1. The summed E-state index contributed by atoms with van der Waals surface area (Å²) in [6, 6.07) is 6.32. The number of hydrogen-bond acceptors (Lipinski definition) is 5. The first-order valence-electron chi connectivity index (χ1n) is 7.32. The van der Waals surface area contributed by atoms with Crippen molar-refractivity contribution >= 4 is 16.8 Å². The lowest BCUT2D eigenvalue weighted by molar-refractivity contribution is -0.122. The molecule has 1 amide bonds. The van der Waals surface area contributed by atoms with Gasteiger partial charge in [0.05, 0.1) is 16.9 Å². The molecule has 1 aromatic carbocycles. The molecule has 122 valence electrons. The lowest BCUT2D eigenvalue weighted by Gasteiger charge is -2.14. The Kier molecular flexibility index (Phi) is 4.19. The Morgan fingerprint density at radius 3 is 2.71 bits per heavy atom. The predicted octanol–water partition coefficient (Wildman–Crippen LogP) is 0.357. The zero-order valence-electron chi connectivity index (χ0n) is 12.9. The van der Waals surface area contributed by atoms with E-state index in [4.69, 9.17) is 0 Å². The minimum atomic E-state index is -0.621. The van der Waals surface area contributed by atoms with Crippen molar-refractivity contribution < 1.29 is 4.79 Å². The van der Waals surface area contributed by atoms with E-state index in [0.29, 0.717) is 10.9 Å². The van der Waals surface area contributed by atoms with Crippen LogP contribution in [-0.2, 0) is 11.3 Å². The second-order valence-electron chi connectivity index (χ2n) is 5.33. The molecule has 0 spiro atoms. The molecule has 0 aliphatic heterocycles. The molecule has 0 saturated carbocycles. The Bertz CT molecular complexity index is 994. The van der Waals surface area contributed by atoms with Crippen LogP contribution in [0.1, 0.15) is 18.5 Å². The van der Waals surface area contributed by atoms with Crippen LogP contribution in [0.15, 0.2) is 52.6 Å². The first kappa shape index (κ1) is 15.6. The maximum absolute atomic E-state index is 12.4. The number of para-hydroxylation sites is 1. The molecule has 1 unspecified atom stereocenters. The Morgan fingerprint density at radius 2 is 1.96 bits per heavy atom. The molecular formula is C16H15N5O3. The van der Waals surface area contributed by atoms with Gasteiger partial charge in [0, 0.05) is 18.0 Å². The third kappa shape index (κ3) is 3.07. The number of fused-ring (bicyclic) bond motifs is 1. The van der Waals surface area contributed by atoms with Crippen molar-refractivity contribution in [1.29, 1.82) is 0 Å². The summed E-state index contributed by atoms with van der Waals surface area (Å²) in [6.45, 7) is 1.40. The number of carbonyl (C=O) groups excluding carboxylic acids is 1. The normalized spacial score (nSPS) is 12.0. The molecular weight excluding hydrogens is 310 g/mol. The molecule has 2 N–H and O–H groups in total. The Hall–Kier alpha value is -3.29. The van der Waals surface area contributed by atoms with Gasteiger partial charge in [-0.15, -0.1) is 0 Å². The fraction of sp³-hybridized carbons (Fsp3) is 0.188. The van der Waals surface area contributed by atoms with Crippen LogP contribution in [0.4, 0.5) is 0 Å². The molecule has 0 bridgehead atoms. The first-order chi connectivity index (χ1) is 11.6. The van der Waals surface area contributed by atoms with E-state index >= 15 is 0 Å². The van der Waals surface area contributed by atoms with Gasteiger partial charge in [-0.2, -0.15) is 0 Å². The standard InChI is InChI=1S/C16H15N5O3/c1-10(11-6-17-9-18-7-11)19-14(22)8-21-15(23)12-4-2-3-5-13(12)20-16(21)24/h2-7,9-10H,8H2,1H3,(H,19,22)(H,20,24). The summed E-state index contributed by atoms with van der Waals surface area (Å²) in [6.07, 6.45) is 4.58. The minimum absolute atomic E-state index is 0.339. The van der Waals surface area contributed by atoms with Crippen LogP contribution in [0, 0.1) is 0 Å². The molecule has 3 rings (SSSR count). The summed E-state index contributed by atoms with van der Waals surface area (Å²) in [5, 5.41) is 3.07. The van der Waals surface area contributed by atoms with Crippen LogP contribution in [0.5, 0.6) is 0 Å². The fourth-order valence-corrected chi connectivity index (χ4v) is 2.39. The van der Waals surface area contributed by atoms with Crippen LogP contribution in [0.25, 0.3) is 10.9 Å². The Morgan fingerprint density at radius 1 is 1.25 bits per heavy atom. The van der Waals surface area contributed by atoms with Gasteiger partial charge in [0.25, 0.3) is 5.56 Å². The molecule has 8 heteroatoms. The molecule has 2 heterocycles. The van der Waals surface area contributed by atoms with Crippen molar-refractivity contribution in [2.24, 2.45) is 0 Å². The molecule has 0 saturated heterocycles. The average Bonchev–Trinajstić information content (AvgIpc) is 2.59. The zero-order valence-corrected chi connectivity index (χ0v) is 12.9. The topological polar surface area (TPSA) is 110 Å². The summed E-state index contributed by atoms with van der Waals surface area (Å²) in [5.41, 5.74) is 0.0503. The van der Waals surface area contributed by atoms with Crippen LogP contribution >= 0.6 is 0 Å². The highest BCUT2D eigenvalue weighted by Crippen LogP contribution is 2.08. The van der Waals surface area contributed by atoms with Crippen molar-refractivity contribution in [1.82, 2.24) is 24.8 Å². The smallest absolute Gasteiger partial charge is 0.329 e. The van der Waals surface area contributed by atoms with E-state index in [9.17, 15) is 14.4 Å². The van der Waals surface area contributed by atoms with E-state index in [-0.39, 0.29) is 12.6 Å². The Labute approximate surface area is 136 Å².